The van der Waals surface area contributed by atoms with Crippen LogP contribution in [0.15, 0.2) is 36.5 Å². The summed E-state index contributed by atoms with van der Waals surface area (Å²) in [5, 5.41) is 56.5. The van der Waals surface area contributed by atoms with Gasteiger partial charge >= 0.3 is 5.97 Å². The Hall–Kier alpha value is -2.12. The van der Waals surface area contributed by atoms with Crippen molar-refractivity contribution >= 4 is 11.9 Å². The largest absolute Gasteiger partial charge is 0.454 e. The van der Waals surface area contributed by atoms with Crippen molar-refractivity contribution < 1.29 is 49.3 Å². The van der Waals surface area contributed by atoms with E-state index in [4.69, 9.17) is 14.2 Å². The second-order valence-corrected chi connectivity index (χ2v) is 18.6. The number of carbonyl (C=O) groups is 2. The van der Waals surface area contributed by atoms with E-state index in [9.17, 15) is 35.1 Å². The first-order chi connectivity index (χ1) is 31.7. The maximum Gasteiger partial charge on any atom is 0.306 e. The van der Waals surface area contributed by atoms with Crippen molar-refractivity contribution in [2.45, 2.75) is 282 Å². The number of ether oxygens (including phenoxy) is 3. The predicted octanol–water partition coefficient (Wildman–Crippen LogP) is 11.2. The monoisotopic (exact) mass is 922 g/mol. The van der Waals surface area contributed by atoms with Gasteiger partial charge < -0.3 is 45.1 Å². The van der Waals surface area contributed by atoms with Crippen molar-refractivity contribution in [3.63, 3.8) is 0 Å². The van der Waals surface area contributed by atoms with Gasteiger partial charge in [-0.3, -0.25) is 9.59 Å². The fourth-order valence-corrected chi connectivity index (χ4v) is 8.23. The van der Waals surface area contributed by atoms with Crippen molar-refractivity contribution in [2.24, 2.45) is 0 Å². The van der Waals surface area contributed by atoms with Crippen LogP contribution in [-0.4, -0.2) is 99.6 Å². The zero-order valence-corrected chi connectivity index (χ0v) is 41.6. The third-order valence-corrected chi connectivity index (χ3v) is 12.6. The summed E-state index contributed by atoms with van der Waals surface area (Å²) in [6.45, 7) is 5.71. The highest BCUT2D eigenvalue weighted by molar-refractivity contribution is 5.80. The summed E-state index contributed by atoms with van der Waals surface area (Å²) >= 11 is 0. The van der Waals surface area contributed by atoms with E-state index in [0.29, 0.717) is 12.8 Å². The molecule has 11 heteroatoms. The first-order valence-corrected chi connectivity index (χ1v) is 26.8. The van der Waals surface area contributed by atoms with Crippen molar-refractivity contribution in [3.05, 3.63) is 36.5 Å². The van der Waals surface area contributed by atoms with Gasteiger partial charge in [-0.25, -0.2) is 0 Å². The molecule has 1 aliphatic heterocycles. The molecule has 11 nitrogen and oxygen atoms in total. The van der Waals surface area contributed by atoms with Crippen LogP contribution in [0.4, 0.5) is 0 Å². The minimum absolute atomic E-state index is 0.0195. The van der Waals surface area contributed by atoms with E-state index in [1.807, 2.05) is 18.2 Å². The molecule has 0 aromatic heterocycles. The van der Waals surface area contributed by atoms with Gasteiger partial charge in [0, 0.05) is 6.42 Å². The Morgan fingerprint density at radius 1 is 0.600 bits per heavy atom. The van der Waals surface area contributed by atoms with Gasteiger partial charge in [0.25, 0.3) is 0 Å². The molecule has 0 aromatic rings. The third-order valence-electron chi connectivity index (χ3n) is 12.6. The molecule has 0 spiro atoms. The van der Waals surface area contributed by atoms with Gasteiger partial charge in [0.05, 0.1) is 25.4 Å². The lowest BCUT2D eigenvalue weighted by molar-refractivity contribution is -0.305. The van der Waals surface area contributed by atoms with E-state index < -0.39 is 67.4 Å². The molecule has 65 heavy (non-hydrogen) atoms. The summed E-state index contributed by atoms with van der Waals surface area (Å²) in [4.78, 5) is 26.3. The fourth-order valence-electron chi connectivity index (χ4n) is 8.23. The number of allylic oxidation sites excluding steroid dienone is 5. The predicted molar refractivity (Wildman–Crippen MR) is 264 cm³/mol. The summed E-state index contributed by atoms with van der Waals surface area (Å²) in [7, 11) is 0. The van der Waals surface area contributed by atoms with Gasteiger partial charge in [0.15, 0.2) is 12.4 Å². The Bertz CT molecular complexity index is 1200. The second kappa shape index (κ2) is 43.2. The summed E-state index contributed by atoms with van der Waals surface area (Å²) in [6, 6.07) is -1.03. The zero-order chi connectivity index (χ0) is 47.6. The molecule has 6 N–H and O–H groups in total. The van der Waals surface area contributed by atoms with Crippen LogP contribution in [0.25, 0.3) is 0 Å². The van der Waals surface area contributed by atoms with Gasteiger partial charge in [0.1, 0.15) is 24.4 Å². The molecule has 1 fully saturated rings. The van der Waals surface area contributed by atoms with Crippen LogP contribution in [0.1, 0.15) is 233 Å². The SMILES string of the molecule is CCCCCCCC/C=C\C/C=C/CCC(=O)OC1C(OCC(NC(=O)C(O)CCCCCCCCCCCC)C(O)/C=C/CCCCCCCCCCCCC)OC(CO)C(O)C1O. The molecule has 1 amide bonds. The number of nitrogens with one attached hydrogen (secondary N) is 1. The van der Waals surface area contributed by atoms with Crippen LogP contribution in [0.3, 0.4) is 0 Å². The van der Waals surface area contributed by atoms with Gasteiger partial charge in [-0.15, -0.1) is 0 Å². The molecule has 8 unspecified atom stereocenters. The minimum atomic E-state index is -1.63. The van der Waals surface area contributed by atoms with Gasteiger partial charge in [-0.2, -0.15) is 0 Å². The number of carbonyl (C=O) groups excluding carboxylic acids is 2. The van der Waals surface area contributed by atoms with E-state index in [2.05, 4.69) is 38.2 Å². The Labute approximate surface area is 396 Å². The van der Waals surface area contributed by atoms with Crippen LogP contribution in [-0.2, 0) is 23.8 Å². The molecule has 1 heterocycles. The van der Waals surface area contributed by atoms with E-state index in [1.165, 1.54) is 135 Å². The normalized spacial score (nSPS) is 20.5. The van der Waals surface area contributed by atoms with Gasteiger partial charge in [-0.05, 0) is 44.9 Å². The molecule has 1 saturated heterocycles. The summed E-state index contributed by atoms with van der Waals surface area (Å²) in [5.41, 5.74) is 0. The van der Waals surface area contributed by atoms with Crippen molar-refractivity contribution in [1.29, 1.82) is 0 Å². The number of hydrogen-bond donors (Lipinski definition) is 6. The van der Waals surface area contributed by atoms with Crippen molar-refractivity contribution in [3.8, 4) is 0 Å². The lowest BCUT2D eigenvalue weighted by Crippen LogP contribution is -2.61. The van der Waals surface area contributed by atoms with Crippen LogP contribution >= 0.6 is 0 Å². The maximum absolute atomic E-state index is 13.3. The third kappa shape index (κ3) is 32.3. The average molecular weight is 922 g/mol. The first kappa shape index (κ1) is 60.9. The van der Waals surface area contributed by atoms with E-state index in [1.54, 1.807) is 6.08 Å². The molecular weight excluding hydrogens is 823 g/mol. The van der Waals surface area contributed by atoms with E-state index >= 15 is 0 Å². The van der Waals surface area contributed by atoms with Crippen LogP contribution < -0.4 is 5.32 Å². The second-order valence-electron chi connectivity index (χ2n) is 18.6. The molecule has 0 bridgehead atoms. The average Bonchev–Trinajstić information content (AvgIpc) is 3.30. The molecule has 0 aromatic carbocycles. The smallest absolute Gasteiger partial charge is 0.306 e. The maximum atomic E-state index is 13.3. The highest BCUT2D eigenvalue weighted by atomic mass is 16.7. The minimum Gasteiger partial charge on any atom is -0.454 e. The number of unbranched alkanes of at least 4 members (excludes halogenated alkanes) is 26. The molecular formula is C54H99NO10. The lowest BCUT2D eigenvalue weighted by Gasteiger charge is -2.41. The summed E-state index contributed by atoms with van der Waals surface area (Å²) in [6.07, 6.45) is 37.8. The Balaban J connectivity index is 2.81. The van der Waals surface area contributed by atoms with Gasteiger partial charge in [-0.1, -0.05) is 218 Å². The molecule has 1 rings (SSSR count). The van der Waals surface area contributed by atoms with E-state index in [-0.39, 0.29) is 19.4 Å². The number of esters is 1. The van der Waals surface area contributed by atoms with Crippen LogP contribution in [0, 0.1) is 0 Å². The number of aliphatic hydroxyl groups is 5. The molecule has 0 saturated carbocycles. The topological polar surface area (TPSA) is 175 Å². The fraction of sp³-hybridized carbons (Fsp3) is 0.852. The van der Waals surface area contributed by atoms with E-state index in [0.717, 1.165) is 51.4 Å². The van der Waals surface area contributed by atoms with Crippen LogP contribution in [0.5, 0.6) is 0 Å². The summed E-state index contributed by atoms with van der Waals surface area (Å²) < 4.78 is 17.4. The Kier molecular flexibility index (Phi) is 40.5. The van der Waals surface area contributed by atoms with Crippen molar-refractivity contribution in [1.82, 2.24) is 5.32 Å². The molecule has 0 aliphatic carbocycles. The Morgan fingerprint density at radius 3 is 1.57 bits per heavy atom. The van der Waals surface area contributed by atoms with Crippen molar-refractivity contribution in [2.75, 3.05) is 13.2 Å². The number of aliphatic hydroxyl groups excluding tert-OH is 5. The standard InChI is InChI=1S/C54H99NO10/c1-4-7-10-13-16-19-22-24-26-29-31-34-37-40-46(57)45(55-53(62)47(58)41-38-35-32-28-21-18-15-12-9-6-3)44-63-54-52(51(61)50(60)48(43-56)64-54)65-49(59)42-39-36-33-30-27-25-23-20-17-14-11-8-5-2/h25,27,33,36-37,40,45-48,50-52,54,56-58,60-61H,4-24,26,28-32,34-35,38-39,41-44H2,1-3H3,(H,55,62)/b27-25-,36-33+,40-37+. The zero-order valence-electron chi connectivity index (χ0n) is 41.6. The first-order valence-electron chi connectivity index (χ1n) is 26.8. The number of amides is 1. The molecule has 380 valence electrons. The highest BCUT2D eigenvalue weighted by Gasteiger charge is 2.47. The summed E-state index contributed by atoms with van der Waals surface area (Å²) in [5.74, 6) is -1.26. The molecule has 1 aliphatic rings. The number of rotatable bonds is 44. The molecule has 0 radical (unpaired) electrons. The quantitative estimate of drug-likeness (QED) is 0.0196. The molecule has 8 atom stereocenters. The van der Waals surface area contributed by atoms with Gasteiger partial charge in [0.2, 0.25) is 5.91 Å². The Morgan fingerprint density at radius 2 is 1.06 bits per heavy atom. The number of hydrogen-bond acceptors (Lipinski definition) is 10. The van der Waals surface area contributed by atoms with Crippen LogP contribution in [0.2, 0.25) is 0 Å². The highest BCUT2D eigenvalue weighted by Crippen LogP contribution is 2.26. The lowest BCUT2D eigenvalue weighted by atomic mass is 9.99.